The number of para-hydroxylation sites is 1. The molecule has 1 rings (SSSR count). The van der Waals surface area contributed by atoms with Gasteiger partial charge in [0.1, 0.15) is 5.75 Å². The lowest BCUT2D eigenvalue weighted by atomic mass is 9.96. The largest absolute Gasteiger partial charge is 0.484 e. The van der Waals surface area contributed by atoms with Crippen LogP contribution >= 0.6 is 12.4 Å². The molecule has 0 heterocycles. The maximum absolute atomic E-state index is 12.2. The van der Waals surface area contributed by atoms with E-state index in [0.29, 0.717) is 12.0 Å². The third-order valence-corrected chi connectivity index (χ3v) is 3.09. The van der Waals surface area contributed by atoms with Gasteiger partial charge in [-0.3, -0.25) is 4.79 Å². The van der Waals surface area contributed by atoms with Gasteiger partial charge in [0.25, 0.3) is 0 Å². The highest BCUT2D eigenvalue weighted by atomic mass is 35.5. The molecule has 0 bridgehead atoms. The van der Waals surface area contributed by atoms with Crippen LogP contribution in [0.3, 0.4) is 0 Å². The molecule has 0 spiro atoms. The maximum atomic E-state index is 12.2. The number of carbonyl (C=O) groups is 1. The zero-order valence-electron chi connectivity index (χ0n) is 13.1. The Morgan fingerprint density at radius 3 is 2.48 bits per heavy atom. The first-order valence-electron chi connectivity index (χ1n) is 7.00. The van der Waals surface area contributed by atoms with Crippen LogP contribution in [0.25, 0.3) is 0 Å². The van der Waals surface area contributed by atoms with Crippen molar-refractivity contribution >= 4 is 18.3 Å². The standard InChI is InChI=1S/C15H21F3N2O2.ClH/c1-3-8-14(2,19)13(21)20-9-11-6-4-5-7-12(11)22-10-15(16,17)18;/h4-7H,3,8-10,19H2,1-2H3,(H,20,21);1H. The topological polar surface area (TPSA) is 64.4 Å². The van der Waals surface area contributed by atoms with Crippen LogP contribution in [0.1, 0.15) is 32.3 Å². The predicted molar refractivity (Wildman–Crippen MR) is 84.6 cm³/mol. The smallest absolute Gasteiger partial charge is 0.422 e. The minimum atomic E-state index is -4.41. The van der Waals surface area contributed by atoms with Crippen LogP contribution in [-0.4, -0.2) is 24.2 Å². The zero-order chi connectivity index (χ0) is 16.8. The van der Waals surface area contributed by atoms with Gasteiger partial charge in [-0.15, -0.1) is 12.4 Å². The van der Waals surface area contributed by atoms with E-state index in [-0.39, 0.29) is 30.6 Å². The number of halogens is 4. The van der Waals surface area contributed by atoms with Crippen molar-refractivity contribution in [2.75, 3.05) is 6.61 Å². The number of rotatable bonds is 7. The molecule has 0 aliphatic rings. The number of ether oxygens (including phenoxy) is 1. The summed E-state index contributed by atoms with van der Waals surface area (Å²) in [5.74, 6) is -0.255. The molecule has 1 aromatic carbocycles. The Balaban J connectivity index is 0.00000484. The van der Waals surface area contributed by atoms with E-state index in [9.17, 15) is 18.0 Å². The molecule has 1 amide bonds. The predicted octanol–water partition coefficient (Wildman–Crippen LogP) is 3.18. The number of nitrogens with two attached hydrogens (primary N) is 1. The van der Waals surface area contributed by atoms with E-state index in [1.165, 1.54) is 6.07 Å². The van der Waals surface area contributed by atoms with Gasteiger partial charge in [0.2, 0.25) is 5.91 Å². The van der Waals surface area contributed by atoms with Gasteiger partial charge >= 0.3 is 6.18 Å². The van der Waals surface area contributed by atoms with Crippen LogP contribution in [0, 0.1) is 0 Å². The minimum Gasteiger partial charge on any atom is -0.484 e. The lowest BCUT2D eigenvalue weighted by Gasteiger charge is -2.23. The van der Waals surface area contributed by atoms with Crippen LogP contribution in [0.2, 0.25) is 0 Å². The molecule has 0 saturated heterocycles. The second-order valence-electron chi connectivity index (χ2n) is 5.36. The van der Waals surface area contributed by atoms with Crippen molar-refractivity contribution in [3.63, 3.8) is 0 Å². The van der Waals surface area contributed by atoms with Crippen LogP contribution in [0.15, 0.2) is 24.3 Å². The summed E-state index contributed by atoms with van der Waals surface area (Å²) in [4.78, 5) is 12.0. The molecule has 1 aromatic rings. The first-order chi connectivity index (χ1) is 10.2. The van der Waals surface area contributed by atoms with Crippen LogP contribution < -0.4 is 15.8 Å². The molecule has 0 aromatic heterocycles. The number of hydrogen-bond donors (Lipinski definition) is 2. The molecule has 1 atom stereocenters. The van der Waals surface area contributed by atoms with Gasteiger partial charge in [-0.1, -0.05) is 31.5 Å². The van der Waals surface area contributed by atoms with E-state index >= 15 is 0 Å². The lowest BCUT2D eigenvalue weighted by molar-refractivity contribution is -0.153. The van der Waals surface area contributed by atoms with Crippen molar-refractivity contribution in [1.82, 2.24) is 5.32 Å². The number of alkyl halides is 3. The SMILES string of the molecule is CCCC(C)(N)C(=O)NCc1ccccc1OCC(F)(F)F.Cl. The summed E-state index contributed by atoms with van der Waals surface area (Å²) in [6.07, 6.45) is -3.13. The highest BCUT2D eigenvalue weighted by molar-refractivity contribution is 5.85. The van der Waals surface area contributed by atoms with Crippen LogP contribution in [0.4, 0.5) is 13.2 Å². The van der Waals surface area contributed by atoms with Crippen molar-refractivity contribution in [1.29, 1.82) is 0 Å². The van der Waals surface area contributed by atoms with Crippen molar-refractivity contribution in [2.24, 2.45) is 5.73 Å². The first kappa shape index (κ1) is 21.5. The van der Waals surface area contributed by atoms with Gasteiger partial charge in [0.05, 0.1) is 5.54 Å². The number of benzene rings is 1. The Kier molecular flexibility index (Phi) is 8.41. The molecule has 0 saturated carbocycles. The van der Waals surface area contributed by atoms with Crippen molar-refractivity contribution in [3.8, 4) is 5.75 Å². The minimum absolute atomic E-state index is 0. The molecule has 132 valence electrons. The molecule has 1 unspecified atom stereocenters. The van der Waals surface area contributed by atoms with Gasteiger partial charge in [0, 0.05) is 12.1 Å². The summed E-state index contributed by atoms with van der Waals surface area (Å²) in [6, 6.07) is 6.26. The Morgan fingerprint density at radius 2 is 1.91 bits per heavy atom. The third kappa shape index (κ3) is 7.56. The van der Waals surface area contributed by atoms with Crippen molar-refractivity contribution in [2.45, 2.75) is 44.9 Å². The number of hydrogen-bond acceptors (Lipinski definition) is 3. The Bertz CT molecular complexity index is 508. The van der Waals surface area contributed by atoms with Crippen molar-refractivity contribution < 1.29 is 22.7 Å². The zero-order valence-corrected chi connectivity index (χ0v) is 13.9. The van der Waals surface area contributed by atoms with Gasteiger partial charge in [-0.2, -0.15) is 13.2 Å². The summed E-state index contributed by atoms with van der Waals surface area (Å²) in [6.45, 7) is 2.22. The fourth-order valence-corrected chi connectivity index (χ4v) is 1.96. The molecule has 0 radical (unpaired) electrons. The van der Waals surface area contributed by atoms with Crippen LogP contribution in [-0.2, 0) is 11.3 Å². The van der Waals surface area contributed by atoms with Crippen molar-refractivity contribution in [3.05, 3.63) is 29.8 Å². The first-order valence-corrected chi connectivity index (χ1v) is 7.00. The van der Waals surface area contributed by atoms with Gasteiger partial charge in [0.15, 0.2) is 6.61 Å². The monoisotopic (exact) mass is 354 g/mol. The van der Waals surface area contributed by atoms with Gasteiger partial charge in [-0.05, 0) is 19.4 Å². The summed E-state index contributed by atoms with van der Waals surface area (Å²) >= 11 is 0. The molecule has 0 aliphatic carbocycles. The lowest BCUT2D eigenvalue weighted by Crippen LogP contribution is -2.51. The number of nitrogens with one attached hydrogen (secondary N) is 1. The molecule has 0 fully saturated rings. The van der Waals surface area contributed by atoms with E-state index in [2.05, 4.69) is 5.32 Å². The fourth-order valence-electron chi connectivity index (χ4n) is 1.96. The average molecular weight is 355 g/mol. The highest BCUT2D eigenvalue weighted by Crippen LogP contribution is 2.22. The number of carbonyl (C=O) groups excluding carboxylic acids is 1. The van der Waals surface area contributed by atoms with Gasteiger partial charge in [-0.25, -0.2) is 0 Å². The van der Waals surface area contributed by atoms with Crippen LogP contribution in [0.5, 0.6) is 5.75 Å². The maximum Gasteiger partial charge on any atom is 0.422 e. The van der Waals surface area contributed by atoms with E-state index in [1.54, 1.807) is 25.1 Å². The van der Waals surface area contributed by atoms with E-state index in [0.717, 1.165) is 6.42 Å². The highest BCUT2D eigenvalue weighted by Gasteiger charge is 2.29. The van der Waals surface area contributed by atoms with Gasteiger partial charge < -0.3 is 15.8 Å². The summed E-state index contributed by atoms with van der Waals surface area (Å²) in [7, 11) is 0. The fraction of sp³-hybridized carbons (Fsp3) is 0.533. The second-order valence-corrected chi connectivity index (χ2v) is 5.36. The van der Waals surface area contributed by atoms with E-state index in [1.807, 2.05) is 6.92 Å². The molecule has 0 aliphatic heterocycles. The average Bonchev–Trinajstić information content (AvgIpc) is 2.42. The molecule has 23 heavy (non-hydrogen) atoms. The normalized spacial score (nSPS) is 13.7. The molecular weight excluding hydrogens is 333 g/mol. The Morgan fingerprint density at radius 1 is 1.30 bits per heavy atom. The van der Waals surface area contributed by atoms with E-state index < -0.39 is 18.3 Å². The quantitative estimate of drug-likeness (QED) is 0.790. The summed E-state index contributed by atoms with van der Waals surface area (Å²) < 4.78 is 41.4. The second kappa shape index (κ2) is 8.98. The Labute approximate surface area is 140 Å². The summed E-state index contributed by atoms with van der Waals surface area (Å²) in [5.41, 5.74) is 5.36. The molecule has 4 nitrogen and oxygen atoms in total. The number of amides is 1. The third-order valence-electron chi connectivity index (χ3n) is 3.09. The Hall–Kier alpha value is -1.47. The molecule has 3 N–H and O–H groups in total. The molecular formula is C15H22ClF3N2O2. The van der Waals surface area contributed by atoms with E-state index in [4.69, 9.17) is 10.5 Å². The summed E-state index contributed by atoms with van der Waals surface area (Å²) in [5, 5.41) is 2.64. The molecule has 8 heteroatoms.